The summed E-state index contributed by atoms with van der Waals surface area (Å²) in [6, 6.07) is 4.82. The van der Waals surface area contributed by atoms with Gasteiger partial charge < -0.3 is 19.9 Å². The summed E-state index contributed by atoms with van der Waals surface area (Å²) < 4.78 is 24.1. The van der Waals surface area contributed by atoms with Crippen LogP contribution in [0.4, 0.5) is 4.39 Å². The first-order valence-corrected chi connectivity index (χ1v) is 7.90. The molecule has 0 unspecified atom stereocenters. The van der Waals surface area contributed by atoms with E-state index in [0.29, 0.717) is 25.1 Å². The molecule has 0 fully saturated rings. The predicted molar refractivity (Wildman–Crippen MR) is 86.0 cm³/mol. The van der Waals surface area contributed by atoms with Gasteiger partial charge >= 0.3 is 5.97 Å². The second-order valence-corrected chi connectivity index (χ2v) is 5.60. The Hall–Kier alpha value is -1.66. The van der Waals surface area contributed by atoms with Gasteiger partial charge in [0.15, 0.2) is 11.6 Å². The number of carbonyl (C=O) groups is 1. The number of carbonyl (C=O) groups excluding carboxylic acids is 1. The molecule has 0 aliphatic carbocycles. The molecule has 0 spiro atoms. The molecule has 0 saturated heterocycles. The lowest BCUT2D eigenvalue weighted by molar-refractivity contribution is -0.143. The van der Waals surface area contributed by atoms with Crippen molar-refractivity contribution < 1.29 is 23.8 Å². The highest BCUT2D eigenvalue weighted by Crippen LogP contribution is 2.19. The molecule has 130 valence electrons. The van der Waals surface area contributed by atoms with E-state index < -0.39 is 11.9 Å². The highest BCUT2D eigenvalue weighted by molar-refractivity contribution is 5.69. The molecule has 0 radical (unpaired) electrons. The molecule has 1 aromatic carbocycles. The van der Waals surface area contributed by atoms with Crippen molar-refractivity contribution in [2.24, 2.45) is 0 Å². The van der Waals surface area contributed by atoms with Gasteiger partial charge in [-0.15, -0.1) is 0 Å². The number of hydrogen-bond donors (Lipinski definition) is 2. The Morgan fingerprint density at radius 2 is 2.13 bits per heavy atom. The summed E-state index contributed by atoms with van der Waals surface area (Å²) in [5, 5.41) is 12.8. The Balaban J connectivity index is 2.45. The minimum atomic E-state index is -0.708. The third-order valence-electron chi connectivity index (χ3n) is 3.11. The monoisotopic (exact) mass is 327 g/mol. The summed E-state index contributed by atoms with van der Waals surface area (Å²) in [6.45, 7) is 6.43. The van der Waals surface area contributed by atoms with Crippen molar-refractivity contribution >= 4 is 5.97 Å². The number of ether oxygens (including phenoxy) is 2. The van der Waals surface area contributed by atoms with Gasteiger partial charge in [0.1, 0.15) is 12.7 Å². The van der Waals surface area contributed by atoms with Gasteiger partial charge in [-0.2, -0.15) is 0 Å². The number of nitrogens with one attached hydrogen (secondary N) is 1. The molecule has 1 aromatic rings. The van der Waals surface area contributed by atoms with Crippen LogP contribution in [-0.2, 0) is 16.0 Å². The summed E-state index contributed by atoms with van der Waals surface area (Å²) in [5.74, 6) is -0.710. The Morgan fingerprint density at radius 1 is 1.39 bits per heavy atom. The molecule has 0 amide bonds. The zero-order valence-electron chi connectivity index (χ0n) is 14.0. The maximum Gasteiger partial charge on any atom is 0.306 e. The number of aryl methyl sites for hydroxylation is 1. The molecule has 5 nitrogen and oxygen atoms in total. The van der Waals surface area contributed by atoms with Crippen LogP contribution in [0.15, 0.2) is 18.2 Å². The number of aliphatic hydroxyl groups excluding tert-OH is 1. The third-order valence-corrected chi connectivity index (χ3v) is 3.11. The molecular formula is C17H26FNO4. The van der Waals surface area contributed by atoms with Gasteiger partial charge in [-0.3, -0.25) is 4.79 Å². The molecule has 0 aliphatic rings. The van der Waals surface area contributed by atoms with Crippen LogP contribution < -0.4 is 10.1 Å². The standard InChI is InChI=1S/C17H26FNO4/c1-4-22-17(21)8-6-13-5-7-16(15(18)9-13)23-11-14(20)10-19-12(2)3/h5,7,9,12,14,19-20H,4,6,8,10-11H2,1-3H3/t14-/m1/s1. The lowest BCUT2D eigenvalue weighted by Crippen LogP contribution is -2.35. The third kappa shape index (κ3) is 7.95. The number of rotatable bonds is 10. The number of hydrogen-bond acceptors (Lipinski definition) is 5. The van der Waals surface area contributed by atoms with Crippen LogP contribution in [-0.4, -0.2) is 43.0 Å². The first kappa shape index (κ1) is 19.4. The minimum absolute atomic E-state index is 0.0127. The maximum absolute atomic E-state index is 13.9. The molecule has 0 heterocycles. The molecule has 1 atom stereocenters. The van der Waals surface area contributed by atoms with E-state index in [-0.39, 0.29) is 30.8 Å². The van der Waals surface area contributed by atoms with Crippen LogP contribution in [0.25, 0.3) is 0 Å². The Labute approximate surface area is 136 Å². The number of aliphatic hydroxyl groups is 1. The van der Waals surface area contributed by atoms with Crippen molar-refractivity contribution in [1.82, 2.24) is 5.32 Å². The second-order valence-electron chi connectivity index (χ2n) is 5.60. The van der Waals surface area contributed by atoms with E-state index in [2.05, 4.69) is 5.32 Å². The Morgan fingerprint density at radius 3 is 2.74 bits per heavy atom. The average Bonchev–Trinajstić information content (AvgIpc) is 2.50. The van der Waals surface area contributed by atoms with Crippen molar-refractivity contribution in [1.29, 1.82) is 0 Å². The van der Waals surface area contributed by atoms with Crippen molar-refractivity contribution in [3.63, 3.8) is 0 Å². The molecule has 0 bridgehead atoms. The highest BCUT2D eigenvalue weighted by Gasteiger charge is 2.10. The van der Waals surface area contributed by atoms with E-state index in [0.717, 1.165) is 0 Å². The lowest BCUT2D eigenvalue weighted by atomic mass is 10.1. The van der Waals surface area contributed by atoms with Crippen LogP contribution in [0.1, 0.15) is 32.8 Å². The molecule has 1 rings (SSSR count). The number of benzene rings is 1. The second kappa shape index (κ2) is 10.2. The molecule has 0 aliphatic heterocycles. The Bertz CT molecular complexity index is 493. The summed E-state index contributed by atoms with van der Waals surface area (Å²) >= 11 is 0. The number of esters is 1. The summed E-state index contributed by atoms with van der Waals surface area (Å²) in [5.41, 5.74) is 0.699. The first-order chi connectivity index (χ1) is 10.9. The molecule has 0 aromatic heterocycles. The lowest BCUT2D eigenvalue weighted by Gasteiger charge is -2.15. The quantitative estimate of drug-likeness (QED) is 0.644. The maximum atomic E-state index is 13.9. The smallest absolute Gasteiger partial charge is 0.306 e. The number of halogens is 1. The molecular weight excluding hydrogens is 301 g/mol. The van der Waals surface area contributed by atoms with Crippen molar-refractivity contribution in [2.75, 3.05) is 19.8 Å². The van der Waals surface area contributed by atoms with Crippen LogP contribution in [0.5, 0.6) is 5.75 Å². The summed E-state index contributed by atoms with van der Waals surface area (Å²) in [7, 11) is 0. The molecule has 6 heteroatoms. The zero-order valence-corrected chi connectivity index (χ0v) is 14.0. The van der Waals surface area contributed by atoms with E-state index in [9.17, 15) is 14.3 Å². The molecule has 2 N–H and O–H groups in total. The highest BCUT2D eigenvalue weighted by atomic mass is 19.1. The topological polar surface area (TPSA) is 67.8 Å². The van der Waals surface area contributed by atoms with Crippen molar-refractivity contribution in [3.05, 3.63) is 29.6 Å². The van der Waals surface area contributed by atoms with Gasteiger partial charge in [0.05, 0.1) is 6.61 Å². The predicted octanol–water partition coefficient (Wildman–Crippen LogP) is 2.06. The normalized spacial score (nSPS) is 12.3. The van der Waals surface area contributed by atoms with Gasteiger partial charge in [0.25, 0.3) is 0 Å². The van der Waals surface area contributed by atoms with E-state index >= 15 is 0 Å². The fraction of sp³-hybridized carbons (Fsp3) is 0.588. The van der Waals surface area contributed by atoms with Crippen molar-refractivity contribution in [3.8, 4) is 5.75 Å². The van der Waals surface area contributed by atoms with Gasteiger partial charge in [0, 0.05) is 19.0 Å². The average molecular weight is 327 g/mol. The van der Waals surface area contributed by atoms with Gasteiger partial charge in [-0.05, 0) is 31.0 Å². The fourth-order valence-electron chi connectivity index (χ4n) is 1.91. The van der Waals surface area contributed by atoms with Crippen LogP contribution in [0, 0.1) is 5.82 Å². The van der Waals surface area contributed by atoms with Crippen LogP contribution in [0.2, 0.25) is 0 Å². The minimum Gasteiger partial charge on any atom is -0.488 e. The SMILES string of the molecule is CCOC(=O)CCc1ccc(OC[C@H](O)CNC(C)C)c(F)c1. The van der Waals surface area contributed by atoms with E-state index in [4.69, 9.17) is 9.47 Å². The van der Waals surface area contributed by atoms with Crippen LogP contribution in [0.3, 0.4) is 0 Å². The van der Waals surface area contributed by atoms with E-state index in [1.165, 1.54) is 12.1 Å². The molecule has 0 saturated carbocycles. The summed E-state index contributed by atoms with van der Waals surface area (Å²) in [4.78, 5) is 11.3. The van der Waals surface area contributed by atoms with Crippen molar-refractivity contribution in [2.45, 2.75) is 45.8 Å². The van der Waals surface area contributed by atoms with E-state index in [1.54, 1.807) is 13.0 Å². The van der Waals surface area contributed by atoms with Gasteiger partial charge in [-0.25, -0.2) is 4.39 Å². The Kier molecular flexibility index (Phi) is 8.58. The fourth-order valence-corrected chi connectivity index (χ4v) is 1.91. The zero-order chi connectivity index (χ0) is 17.2. The van der Waals surface area contributed by atoms with E-state index in [1.807, 2.05) is 13.8 Å². The van der Waals surface area contributed by atoms with Crippen LogP contribution >= 0.6 is 0 Å². The summed E-state index contributed by atoms with van der Waals surface area (Å²) in [6.07, 6.45) is -0.0791. The first-order valence-electron chi connectivity index (χ1n) is 7.90. The van der Waals surface area contributed by atoms with Gasteiger partial charge in [0.2, 0.25) is 0 Å². The van der Waals surface area contributed by atoms with Gasteiger partial charge in [-0.1, -0.05) is 19.9 Å². The largest absolute Gasteiger partial charge is 0.488 e. The molecule has 23 heavy (non-hydrogen) atoms.